The van der Waals surface area contributed by atoms with E-state index in [0.29, 0.717) is 22.1 Å². The molecule has 0 spiro atoms. The molecule has 0 bridgehead atoms. The number of aromatic nitrogens is 1. The molecule has 0 radical (unpaired) electrons. The van der Waals surface area contributed by atoms with Gasteiger partial charge in [-0.15, -0.1) is 0 Å². The van der Waals surface area contributed by atoms with Gasteiger partial charge in [0.2, 0.25) is 0 Å². The lowest BCUT2D eigenvalue weighted by Crippen LogP contribution is -2.13. The van der Waals surface area contributed by atoms with Crippen LogP contribution in [-0.2, 0) is 0 Å². The van der Waals surface area contributed by atoms with Crippen molar-refractivity contribution < 1.29 is 4.79 Å². The Morgan fingerprint density at radius 3 is 2.83 bits per heavy atom. The average Bonchev–Trinajstić information content (AvgIpc) is 2.35. The third-order valence-electron chi connectivity index (χ3n) is 2.52. The standard InChI is InChI=1S/C13H12ClN3O/c1-8-7-9(4-5-11(8)15)13(18)17-12-10(14)3-2-6-16-12/h2-7H,15H2,1H3,(H,16,17,18). The van der Waals surface area contributed by atoms with Crippen molar-refractivity contribution in [3.05, 3.63) is 52.7 Å². The van der Waals surface area contributed by atoms with Gasteiger partial charge in [-0.05, 0) is 42.8 Å². The minimum Gasteiger partial charge on any atom is -0.399 e. The summed E-state index contributed by atoms with van der Waals surface area (Å²) in [5.74, 6) is 0.0809. The smallest absolute Gasteiger partial charge is 0.256 e. The monoisotopic (exact) mass is 261 g/mol. The first kappa shape index (κ1) is 12.4. The maximum atomic E-state index is 12.0. The van der Waals surface area contributed by atoms with Crippen molar-refractivity contribution in [1.29, 1.82) is 0 Å². The van der Waals surface area contributed by atoms with Gasteiger partial charge in [-0.1, -0.05) is 11.6 Å². The number of nitrogens with zero attached hydrogens (tertiary/aromatic N) is 1. The van der Waals surface area contributed by atoms with Crippen molar-refractivity contribution in [2.45, 2.75) is 6.92 Å². The normalized spacial score (nSPS) is 10.1. The van der Waals surface area contributed by atoms with Crippen molar-refractivity contribution in [3.8, 4) is 0 Å². The van der Waals surface area contributed by atoms with Crippen molar-refractivity contribution in [3.63, 3.8) is 0 Å². The highest BCUT2D eigenvalue weighted by Crippen LogP contribution is 2.19. The van der Waals surface area contributed by atoms with Crippen molar-refractivity contribution in [2.75, 3.05) is 11.1 Å². The van der Waals surface area contributed by atoms with Crippen LogP contribution in [0.2, 0.25) is 5.02 Å². The zero-order chi connectivity index (χ0) is 13.1. The van der Waals surface area contributed by atoms with Gasteiger partial charge in [0, 0.05) is 17.4 Å². The van der Waals surface area contributed by atoms with Gasteiger partial charge in [0.05, 0.1) is 5.02 Å². The number of halogens is 1. The summed E-state index contributed by atoms with van der Waals surface area (Å²) in [6.07, 6.45) is 1.57. The number of nitrogen functional groups attached to an aromatic ring is 1. The summed E-state index contributed by atoms with van der Waals surface area (Å²) in [4.78, 5) is 16.0. The number of anilines is 2. The Hall–Kier alpha value is -2.07. The lowest BCUT2D eigenvalue weighted by atomic mass is 10.1. The summed E-state index contributed by atoms with van der Waals surface area (Å²) in [6, 6.07) is 8.45. The van der Waals surface area contributed by atoms with Crippen LogP contribution in [0.3, 0.4) is 0 Å². The molecule has 3 N–H and O–H groups in total. The average molecular weight is 262 g/mol. The predicted molar refractivity (Wildman–Crippen MR) is 72.8 cm³/mol. The molecule has 1 aromatic carbocycles. The van der Waals surface area contributed by atoms with E-state index < -0.39 is 0 Å². The van der Waals surface area contributed by atoms with E-state index in [4.69, 9.17) is 17.3 Å². The van der Waals surface area contributed by atoms with Crippen molar-refractivity contribution >= 4 is 29.0 Å². The van der Waals surface area contributed by atoms with Crippen LogP contribution in [0.4, 0.5) is 11.5 Å². The highest BCUT2D eigenvalue weighted by atomic mass is 35.5. The third kappa shape index (κ3) is 2.60. The molecule has 92 valence electrons. The van der Waals surface area contributed by atoms with Crippen LogP contribution < -0.4 is 11.1 Å². The molecule has 4 nitrogen and oxygen atoms in total. The van der Waals surface area contributed by atoms with E-state index in [-0.39, 0.29) is 5.91 Å². The molecule has 0 atom stereocenters. The van der Waals surface area contributed by atoms with Crippen LogP contribution in [0.1, 0.15) is 15.9 Å². The molecular weight excluding hydrogens is 250 g/mol. The number of amides is 1. The highest BCUT2D eigenvalue weighted by molar-refractivity contribution is 6.33. The molecule has 0 unspecified atom stereocenters. The zero-order valence-electron chi connectivity index (χ0n) is 9.77. The summed E-state index contributed by atoms with van der Waals surface area (Å²) in [5.41, 5.74) is 7.73. The highest BCUT2D eigenvalue weighted by Gasteiger charge is 2.09. The number of nitrogens with one attached hydrogen (secondary N) is 1. The van der Waals surface area contributed by atoms with Gasteiger partial charge in [-0.2, -0.15) is 0 Å². The van der Waals surface area contributed by atoms with Crippen LogP contribution in [0.5, 0.6) is 0 Å². The molecule has 2 rings (SSSR count). The second-order valence-corrected chi connectivity index (χ2v) is 4.27. The van der Waals surface area contributed by atoms with Gasteiger partial charge >= 0.3 is 0 Å². The quantitative estimate of drug-likeness (QED) is 0.817. The minimum atomic E-state index is -0.265. The number of hydrogen-bond donors (Lipinski definition) is 2. The van der Waals surface area contributed by atoms with Gasteiger partial charge in [0.15, 0.2) is 5.82 Å². The first-order valence-electron chi connectivity index (χ1n) is 5.36. The van der Waals surface area contributed by atoms with E-state index in [1.165, 1.54) is 0 Å². The van der Waals surface area contributed by atoms with Gasteiger partial charge in [-0.25, -0.2) is 4.98 Å². The molecular formula is C13H12ClN3O. The molecule has 2 aromatic rings. The van der Waals surface area contributed by atoms with Crippen LogP contribution in [-0.4, -0.2) is 10.9 Å². The Morgan fingerprint density at radius 1 is 1.39 bits per heavy atom. The number of carbonyl (C=O) groups excluding carboxylic acids is 1. The number of nitrogens with two attached hydrogens (primary N) is 1. The molecule has 0 aliphatic heterocycles. The van der Waals surface area contributed by atoms with Crippen molar-refractivity contribution in [1.82, 2.24) is 4.98 Å². The van der Waals surface area contributed by atoms with E-state index in [0.717, 1.165) is 5.56 Å². The number of aryl methyl sites for hydroxylation is 1. The van der Waals surface area contributed by atoms with Crippen molar-refractivity contribution in [2.24, 2.45) is 0 Å². The number of carbonyl (C=O) groups is 1. The predicted octanol–water partition coefficient (Wildman–Crippen LogP) is 2.88. The summed E-state index contributed by atoms with van der Waals surface area (Å²) in [7, 11) is 0. The molecule has 1 heterocycles. The number of pyridine rings is 1. The zero-order valence-corrected chi connectivity index (χ0v) is 10.5. The van der Waals surface area contributed by atoms with Gasteiger partial charge in [0.25, 0.3) is 5.91 Å². The fourth-order valence-electron chi connectivity index (χ4n) is 1.47. The molecule has 0 fully saturated rings. The third-order valence-corrected chi connectivity index (χ3v) is 2.83. The van der Waals surface area contributed by atoms with Gasteiger partial charge in [0.1, 0.15) is 0 Å². The van der Waals surface area contributed by atoms with Crippen LogP contribution in [0.15, 0.2) is 36.5 Å². The first-order valence-corrected chi connectivity index (χ1v) is 5.73. The number of benzene rings is 1. The second kappa shape index (κ2) is 5.06. The number of rotatable bonds is 2. The van der Waals surface area contributed by atoms with Gasteiger partial charge in [-0.3, -0.25) is 4.79 Å². The topological polar surface area (TPSA) is 68.0 Å². The SMILES string of the molecule is Cc1cc(C(=O)Nc2ncccc2Cl)ccc1N. The maximum Gasteiger partial charge on any atom is 0.256 e. The Balaban J connectivity index is 2.22. The Morgan fingerprint density at radius 2 is 2.17 bits per heavy atom. The second-order valence-electron chi connectivity index (χ2n) is 3.86. The molecule has 0 saturated heterocycles. The molecule has 0 aliphatic carbocycles. The Bertz CT molecular complexity index is 599. The van der Waals surface area contributed by atoms with Crippen LogP contribution in [0.25, 0.3) is 0 Å². The van der Waals surface area contributed by atoms with E-state index in [1.807, 2.05) is 6.92 Å². The fourth-order valence-corrected chi connectivity index (χ4v) is 1.64. The van der Waals surface area contributed by atoms with E-state index in [2.05, 4.69) is 10.3 Å². The lowest BCUT2D eigenvalue weighted by Gasteiger charge is -2.07. The van der Waals surface area contributed by atoms with Crippen LogP contribution in [0, 0.1) is 6.92 Å². The maximum absolute atomic E-state index is 12.0. The molecule has 1 amide bonds. The summed E-state index contributed by atoms with van der Waals surface area (Å²) >= 11 is 5.92. The molecule has 0 saturated carbocycles. The molecule has 5 heteroatoms. The Labute approximate surface area is 110 Å². The summed E-state index contributed by atoms with van der Waals surface area (Å²) < 4.78 is 0. The number of hydrogen-bond acceptors (Lipinski definition) is 3. The fraction of sp³-hybridized carbons (Fsp3) is 0.0769. The minimum absolute atomic E-state index is 0.265. The van der Waals surface area contributed by atoms with Gasteiger partial charge < -0.3 is 11.1 Å². The molecule has 1 aromatic heterocycles. The summed E-state index contributed by atoms with van der Waals surface area (Å²) in [5, 5.41) is 3.05. The van der Waals surface area contributed by atoms with E-state index in [1.54, 1.807) is 36.5 Å². The largest absolute Gasteiger partial charge is 0.399 e. The molecule has 0 aliphatic rings. The first-order chi connectivity index (χ1) is 8.58. The Kier molecular flexibility index (Phi) is 3.48. The lowest BCUT2D eigenvalue weighted by molar-refractivity contribution is 0.102. The summed E-state index contributed by atoms with van der Waals surface area (Å²) in [6.45, 7) is 1.85. The molecule has 18 heavy (non-hydrogen) atoms. The van der Waals surface area contributed by atoms with Crippen LogP contribution >= 0.6 is 11.6 Å². The van der Waals surface area contributed by atoms with E-state index in [9.17, 15) is 4.79 Å². The van der Waals surface area contributed by atoms with E-state index >= 15 is 0 Å².